The van der Waals surface area contributed by atoms with E-state index < -0.39 is 0 Å². The number of aromatic nitrogens is 2. The molecule has 0 bridgehead atoms. The molecule has 2 rings (SSSR count). The van der Waals surface area contributed by atoms with Gasteiger partial charge in [-0.3, -0.25) is 9.89 Å². The van der Waals surface area contributed by atoms with Crippen LogP contribution in [0.1, 0.15) is 18.0 Å². The Hall–Kier alpha value is -0.450. The van der Waals surface area contributed by atoms with Crippen LogP contribution in [0.3, 0.4) is 0 Å². The first-order chi connectivity index (χ1) is 5.36. The molecule has 1 aromatic rings. The molecule has 0 unspecified atom stereocenters. The molecule has 1 aromatic heterocycles. The van der Waals surface area contributed by atoms with Gasteiger partial charge in [0.15, 0.2) is 0 Å². The smallest absolute Gasteiger partial charge is 0.264 e. The number of hydrogen-bond acceptors (Lipinski definition) is 2. The highest BCUT2D eigenvalue weighted by Crippen LogP contribution is 2.17. The lowest BCUT2D eigenvalue weighted by atomic mass is 10.1. The monoisotopic (exact) mass is 225 g/mol. The molecule has 0 saturated carbocycles. The van der Waals surface area contributed by atoms with Gasteiger partial charge in [0, 0.05) is 24.2 Å². The van der Waals surface area contributed by atoms with Gasteiger partial charge in [-0.25, -0.2) is 0 Å². The maximum Gasteiger partial charge on any atom is 0.264 e. The summed E-state index contributed by atoms with van der Waals surface area (Å²) in [5, 5.41) is 8.65. The Kier molecular flexibility index (Phi) is 5.13. The molecule has 76 valence electrons. The molecule has 0 amide bonds. The van der Waals surface area contributed by atoms with E-state index in [1.807, 2.05) is 0 Å². The fraction of sp³-hybridized carbons (Fsp3) is 0.571. The molecule has 13 heavy (non-hydrogen) atoms. The maximum atomic E-state index is 10.7. The molecule has 0 aliphatic carbocycles. The van der Waals surface area contributed by atoms with Crippen molar-refractivity contribution < 1.29 is 0 Å². The van der Waals surface area contributed by atoms with Crippen LogP contribution in [0.25, 0.3) is 0 Å². The maximum absolute atomic E-state index is 10.7. The summed E-state index contributed by atoms with van der Waals surface area (Å²) in [5.74, 6) is 0.494. The van der Waals surface area contributed by atoms with E-state index in [9.17, 15) is 4.79 Å². The summed E-state index contributed by atoms with van der Waals surface area (Å²) in [6.45, 7) is 2.03. The Balaban J connectivity index is 0.000000720. The zero-order valence-corrected chi connectivity index (χ0v) is 8.63. The van der Waals surface area contributed by atoms with Crippen LogP contribution in [0.4, 0.5) is 0 Å². The van der Waals surface area contributed by atoms with Crippen LogP contribution in [0.2, 0.25) is 0 Å². The first-order valence-electron chi connectivity index (χ1n) is 3.84. The molecular weight excluding hydrogens is 213 g/mol. The second kappa shape index (κ2) is 5.32. The van der Waals surface area contributed by atoms with Crippen LogP contribution < -0.4 is 10.9 Å². The van der Waals surface area contributed by atoms with Gasteiger partial charge in [-0.2, -0.15) is 0 Å². The van der Waals surface area contributed by atoms with Gasteiger partial charge in [-0.05, 0) is 13.0 Å². The number of hydrogen-bond donors (Lipinski definition) is 3. The summed E-state index contributed by atoms with van der Waals surface area (Å²) in [5.41, 5.74) is 0.993. The molecule has 1 aliphatic rings. The van der Waals surface area contributed by atoms with E-state index in [2.05, 4.69) is 15.5 Å². The van der Waals surface area contributed by atoms with E-state index in [1.54, 1.807) is 6.07 Å². The normalized spacial score (nSPS) is 20.5. The van der Waals surface area contributed by atoms with Crippen molar-refractivity contribution in [1.29, 1.82) is 0 Å². The minimum Gasteiger partial charge on any atom is -0.316 e. The van der Waals surface area contributed by atoms with Crippen molar-refractivity contribution in [1.82, 2.24) is 15.5 Å². The number of H-pyrrole nitrogens is 2. The first-order valence-corrected chi connectivity index (χ1v) is 3.84. The molecule has 0 spiro atoms. The zero-order chi connectivity index (χ0) is 7.68. The minimum atomic E-state index is -0.0353. The molecule has 0 radical (unpaired) electrons. The van der Waals surface area contributed by atoms with Gasteiger partial charge in [0.1, 0.15) is 0 Å². The van der Waals surface area contributed by atoms with Crippen molar-refractivity contribution in [2.24, 2.45) is 0 Å². The minimum absolute atomic E-state index is 0. The van der Waals surface area contributed by atoms with Gasteiger partial charge >= 0.3 is 0 Å². The summed E-state index contributed by atoms with van der Waals surface area (Å²) in [4.78, 5) is 10.7. The van der Waals surface area contributed by atoms with Crippen LogP contribution in [-0.2, 0) is 0 Å². The van der Waals surface area contributed by atoms with Gasteiger partial charge in [-0.1, -0.05) is 0 Å². The highest BCUT2D eigenvalue weighted by molar-refractivity contribution is 5.85. The Morgan fingerprint density at radius 2 is 2.08 bits per heavy atom. The van der Waals surface area contributed by atoms with Gasteiger partial charge in [0.05, 0.1) is 0 Å². The van der Waals surface area contributed by atoms with Crippen LogP contribution in [0, 0.1) is 0 Å². The summed E-state index contributed by atoms with van der Waals surface area (Å²) < 4.78 is 0. The Morgan fingerprint density at radius 1 is 1.31 bits per heavy atom. The van der Waals surface area contributed by atoms with Crippen LogP contribution in [-0.4, -0.2) is 23.3 Å². The fourth-order valence-electron chi connectivity index (χ4n) is 1.49. The van der Waals surface area contributed by atoms with Gasteiger partial charge in [-0.15, -0.1) is 24.8 Å². The van der Waals surface area contributed by atoms with Crippen molar-refractivity contribution in [3.05, 3.63) is 22.1 Å². The van der Waals surface area contributed by atoms with Crippen molar-refractivity contribution in [2.75, 3.05) is 13.1 Å². The molecular formula is C7H13Cl2N3O. The topological polar surface area (TPSA) is 60.7 Å². The third-order valence-corrected chi connectivity index (χ3v) is 2.12. The lowest BCUT2D eigenvalue weighted by Gasteiger charge is -2.02. The second-order valence-corrected chi connectivity index (χ2v) is 2.90. The van der Waals surface area contributed by atoms with E-state index in [0.717, 1.165) is 25.2 Å². The zero-order valence-electron chi connectivity index (χ0n) is 7.00. The lowest BCUT2D eigenvalue weighted by Crippen LogP contribution is -2.08. The average Bonchev–Trinajstić information content (AvgIpc) is 2.55. The molecule has 1 aliphatic heterocycles. The van der Waals surface area contributed by atoms with Crippen LogP contribution >= 0.6 is 24.8 Å². The number of nitrogens with one attached hydrogen (secondary N) is 3. The number of aromatic amines is 2. The van der Waals surface area contributed by atoms with Crippen molar-refractivity contribution >= 4 is 24.8 Å². The van der Waals surface area contributed by atoms with Crippen LogP contribution in [0.5, 0.6) is 0 Å². The fourth-order valence-corrected chi connectivity index (χ4v) is 1.49. The van der Waals surface area contributed by atoms with Crippen molar-refractivity contribution in [3.63, 3.8) is 0 Å². The third kappa shape index (κ3) is 2.76. The number of halogens is 2. The summed E-state index contributed by atoms with van der Waals surface area (Å²) in [6.07, 6.45) is 1.12. The average molecular weight is 226 g/mol. The standard InChI is InChI=1S/C7H11N3O.2ClH/c11-7-3-6(9-10-7)5-1-2-8-4-5;;/h3,5,8H,1-2,4H2,(H2,9,10,11);2*1H/t5-;;/m0../s1. The van der Waals surface area contributed by atoms with Gasteiger partial charge in [0.2, 0.25) is 0 Å². The highest BCUT2D eigenvalue weighted by atomic mass is 35.5. The third-order valence-electron chi connectivity index (χ3n) is 2.12. The summed E-state index contributed by atoms with van der Waals surface area (Å²) in [6, 6.07) is 1.64. The van der Waals surface area contributed by atoms with Gasteiger partial charge in [0.25, 0.3) is 5.56 Å². The molecule has 2 heterocycles. The highest BCUT2D eigenvalue weighted by Gasteiger charge is 2.17. The lowest BCUT2D eigenvalue weighted by molar-refractivity contribution is 0.729. The molecule has 1 fully saturated rings. The second-order valence-electron chi connectivity index (χ2n) is 2.90. The summed E-state index contributed by atoms with van der Waals surface area (Å²) in [7, 11) is 0. The Morgan fingerprint density at radius 3 is 2.54 bits per heavy atom. The number of rotatable bonds is 1. The molecule has 1 saturated heterocycles. The Bertz CT molecular complexity index is 290. The predicted molar refractivity (Wildman–Crippen MR) is 56.1 cm³/mol. The van der Waals surface area contributed by atoms with E-state index in [1.165, 1.54) is 0 Å². The van der Waals surface area contributed by atoms with E-state index >= 15 is 0 Å². The van der Waals surface area contributed by atoms with Crippen LogP contribution in [0.15, 0.2) is 10.9 Å². The quantitative estimate of drug-likeness (QED) is 0.657. The van der Waals surface area contributed by atoms with E-state index in [4.69, 9.17) is 0 Å². The van der Waals surface area contributed by atoms with Crippen molar-refractivity contribution in [2.45, 2.75) is 12.3 Å². The molecule has 4 nitrogen and oxygen atoms in total. The molecule has 6 heteroatoms. The first kappa shape index (κ1) is 12.6. The Labute approximate surface area is 88.3 Å². The SMILES string of the molecule is Cl.Cl.O=c1cc([C@H]2CCNC2)[nH][nH]1. The molecule has 3 N–H and O–H groups in total. The van der Waals surface area contributed by atoms with Gasteiger partial charge < -0.3 is 10.4 Å². The van der Waals surface area contributed by atoms with E-state index in [0.29, 0.717) is 5.92 Å². The summed E-state index contributed by atoms with van der Waals surface area (Å²) >= 11 is 0. The van der Waals surface area contributed by atoms with E-state index in [-0.39, 0.29) is 30.4 Å². The largest absolute Gasteiger partial charge is 0.316 e. The predicted octanol–water partition coefficient (Wildman–Crippen LogP) is 0.623. The van der Waals surface area contributed by atoms with Crippen molar-refractivity contribution in [3.8, 4) is 0 Å². The molecule has 1 atom stereocenters. The molecule has 0 aromatic carbocycles.